The molecule has 4 N–H and O–H groups in total. The fourth-order valence-electron chi connectivity index (χ4n) is 4.51. The van der Waals surface area contributed by atoms with Crippen LogP contribution in [0.25, 0.3) is 11.3 Å². The highest BCUT2D eigenvalue weighted by molar-refractivity contribution is 6.30. The zero-order chi connectivity index (χ0) is 24.8. The molecule has 1 aliphatic rings. The minimum atomic E-state index is -0.706. The zero-order valence-corrected chi connectivity index (χ0v) is 19.9. The average molecular weight is 477 g/mol. The summed E-state index contributed by atoms with van der Waals surface area (Å²) in [6.07, 6.45) is 0. The number of halogens is 1. The first kappa shape index (κ1) is 23.3. The van der Waals surface area contributed by atoms with Crippen molar-refractivity contribution in [1.82, 2.24) is 14.7 Å². The number of rotatable bonds is 3. The van der Waals surface area contributed by atoms with Gasteiger partial charge in [0.25, 0.3) is 5.91 Å². The average Bonchev–Trinajstić information content (AvgIpc) is 3.17. The lowest BCUT2D eigenvalue weighted by atomic mass is 9.81. The van der Waals surface area contributed by atoms with Crippen LogP contribution in [0.1, 0.15) is 59.6 Å². The van der Waals surface area contributed by atoms with Crippen LogP contribution < -0.4 is 11.5 Å². The van der Waals surface area contributed by atoms with Crippen LogP contribution in [-0.2, 0) is 12.0 Å². The van der Waals surface area contributed by atoms with E-state index >= 15 is 0 Å². The molecule has 0 saturated carbocycles. The highest BCUT2D eigenvalue weighted by atomic mass is 35.5. The van der Waals surface area contributed by atoms with Crippen LogP contribution in [0, 0.1) is 11.3 Å². The van der Waals surface area contributed by atoms with E-state index in [0.717, 1.165) is 5.56 Å². The van der Waals surface area contributed by atoms with E-state index in [2.05, 4.69) is 11.2 Å². The van der Waals surface area contributed by atoms with Gasteiger partial charge < -0.3 is 16.4 Å². The molecule has 2 aromatic carbocycles. The molecule has 0 radical (unpaired) electrons. The van der Waals surface area contributed by atoms with Gasteiger partial charge in [0.1, 0.15) is 11.7 Å². The van der Waals surface area contributed by atoms with Gasteiger partial charge in [0.05, 0.1) is 29.4 Å². The Kier molecular flexibility index (Phi) is 5.84. The van der Waals surface area contributed by atoms with Crippen LogP contribution in [0.3, 0.4) is 0 Å². The van der Waals surface area contributed by atoms with Crippen LogP contribution in [0.5, 0.6) is 0 Å². The number of carbonyl (C=O) groups is 2. The molecule has 174 valence electrons. The molecular formula is C25H25ClN6O2. The second-order valence-corrected chi connectivity index (χ2v) is 9.74. The number of primary amides is 2. The zero-order valence-electron chi connectivity index (χ0n) is 19.2. The van der Waals surface area contributed by atoms with Gasteiger partial charge in [0, 0.05) is 17.1 Å². The minimum Gasteiger partial charge on any atom is -0.365 e. The summed E-state index contributed by atoms with van der Waals surface area (Å²) in [4.78, 5) is 26.7. The normalized spacial score (nSPS) is 15.5. The summed E-state index contributed by atoms with van der Waals surface area (Å²) in [5.74, 6) is -0.669. The van der Waals surface area contributed by atoms with Crippen molar-refractivity contribution in [2.75, 3.05) is 6.54 Å². The van der Waals surface area contributed by atoms with Gasteiger partial charge in [-0.1, -0.05) is 56.6 Å². The molecule has 1 unspecified atom stereocenters. The minimum absolute atomic E-state index is 0.208. The van der Waals surface area contributed by atoms with E-state index in [9.17, 15) is 14.9 Å². The van der Waals surface area contributed by atoms with E-state index < -0.39 is 18.0 Å². The van der Waals surface area contributed by atoms with E-state index in [-0.39, 0.29) is 11.0 Å². The van der Waals surface area contributed by atoms with E-state index in [1.54, 1.807) is 41.1 Å². The Morgan fingerprint density at radius 3 is 2.47 bits per heavy atom. The number of nitrogens with two attached hydrogens (primary N) is 2. The lowest BCUT2D eigenvalue weighted by molar-refractivity contribution is 0.0995. The van der Waals surface area contributed by atoms with Gasteiger partial charge in [0.2, 0.25) is 0 Å². The van der Waals surface area contributed by atoms with Crippen molar-refractivity contribution in [2.24, 2.45) is 11.5 Å². The molecule has 8 nitrogen and oxygen atoms in total. The van der Waals surface area contributed by atoms with Crippen molar-refractivity contribution in [1.29, 1.82) is 5.26 Å². The number of benzene rings is 2. The number of hydrogen-bond acceptors (Lipinski definition) is 4. The number of urea groups is 1. The van der Waals surface area contributed by atoms with Crippen molar-refractivity contribution in [3.63, 3.8) is 0 Å². The Morgan fingerprint density at radius 2 is 1.88 bits per heavy atom. The summed E-state index contributed by atoms with van der Waals surface area (Å²) in [5, 5.41) is 14.8. The molecule has 0 bridgehead atoms. The Labute approximate surface area is 202 Å². The lowest BCUT2D eigenvalue weighted by Gasteiger charge is -2.36. The van der Waals surface area contributed by atoms with Gasteiger partial charge in [-0.05, 0) is 34.7 Å². The number of aromatic nitrogens is 2. The first-order valence-electron chi connectivity index (χ1n) is 10.8. The number of hydrogen-bond donors (Lipinski definition) is 2. The maximum Gasteiger partial charge on any atom is 0.315 e. The topological polar surface area (TPSA) is 131 Å². The van der Waals surface area contributed by atoms with Crippen molar-refractivity contribution >= 4 is 23.5 Å². The molecule has 4 rings (SSSR count). The third-order valence-electron chi connectivity index (χ3n) is 6.03. The maximum atomic E-state index is 12.8. The largest absolute Gasteiger partial charge is 0.365 e. The van der Waals surface area contributed by atoms with Crippen molar-refractivity contribution in [2.45, 2.75) is 38.8 Å². The predicted molar refractivity (Wildman–Crippen MR) is 129 cm³/mol. The molecule has 1 atom stereocenters. The molecule has 0 spiro atoms. The first-order chi connectivity index (χ1) is 16.0. The molecule has 1 aromatic heterocycles. The van der Waals surface area contributed by atoms with Crippen molar-refractivity contribution in [3.05, 3.63) is 75.4 Å². The Bertz CT molecular complexity index is 1350. The van der Waals surface area contributed by atoms with Crippen LogP contribution >= 0.6 is 11.6 Å². The van der Waals surface area contributed by atoms with Crippen LogP contribution in [0.2, 0.25) is 5.02 Å². The summed E-state index contributed by atoms with van der Waals surface area (Å²) in [5.41, 5.74) is 15.1. The molecule has 3 amide bonds. The van der Waals surface area contributed by atoms with Gasteiger partial charge in [-0.2, -0.15) is 10.4 Å². The molecule has 0 fully saturated rings. The summed E-state index contributed by atoms with van der Waals surface area (Å²) >= 11 is 6.18. The molecule has 1 aliphatic heterocycles. The van der Waals surface area contributed by atoms with E-state index in [1.165, 1.54) is 4.90 Å². The predicted octanol–water partition coefficient (Wildman–Crippen LogP) is 3.96. The molecule has 9 heteroatoms. The monoisotopic (exact) mass is 476 g/mol. The highest BCUT2D eigenvalue weighted by Crippen LogP contribution is 2.40. The van der Waals surface area contributed by atoms with Gasteiger partial charge in [-0.15, -0.1) is 0 Å². The van der Waals surface area contributed by atoms with Gasteiger partial charge in [-0.3, -0.25) is 9.48 Å². The SMILES string of the molecule is CC(C)(C)c1cc(C2c3c(C(N)=O)c(-c4cccc(Cl)c4)nn3CCN2C(N)=O)ccc1C#N. The van der Waals surface area contributed by atoms with Gasteiger partial charge in [-0.25, -0.2) is 4.79 Å². The van der Waals surface area contributed by atoms with E-state index in [0.29, 0.717) is 46.2 Å². The third kappa shape index (κ3) is 3.99. The third-order valence-corrected chi connectivity index (χ3v) is 6.27. The number of nitriles is 1. The highest BCUT2D eigenvalue weighted by Gasteiger charge is 2.38. The standard InChI is InChI=1S/C25H25ClN6O2/c1-25(2,3)18-12-15(7-8-16(18)13-27)21-22-19(23(28)33)20(14-5-4-6-17(26)11-14)30-32(22)10-9-31(21)24(29)34/h4-8,11-12,21H,9-10H2,1-3H3,(H2,28,33)(H2,29,34). The Morgan fingerprint density at radius 1 is 1.15 bits per heavy atom. The number of amides is 3. The molecule has 0 saturated heterocycles. The smallest absolute Gasteiger partial charge is 0.315 e. The van der Waals surface area contributed by atoms with Gasteiger partial charge in [0.15, 0.2) is 0 Å². The van der Waals surface area contributed by atoms with E-state index in [4.69, 9.17) is 23.1 Å². The van der Waals surface area contributed by atoms with Crippen LogP contribution in [0.4, 0.5) is 4.79 Å². The first-order valence-corrected chi connectivity index (χ1v) is 11.2. The summed E-state index contributed by atoms with van der Waals surface area (Å²) in [7, 11) is 0. The summed E-state index contributed by atoms with van der Waals surface area (Å²) in [6, 6.07) is 13.3. The second-order valence-electron chi connectivity index (χ2n) is 9.31. The molecular weight excluding hydrogens is 452 g/mol. The van der Waals surface area contributed by atoms with Crippen LogP contribution in [-0.4, -0.2) is 33.2 Å². The maximum absolute atomic E-state index is 12.8. The number of carbonyl (C=O) groups excluding carboxylic acids is 2. The quantitative estimate of drug-likeness (QED) is 0.592. The van der Waals surface area contributed by atoms with Crippen molar-refractivity contribution < 1.29 is 9.59 Å². The summed E-state index contributed by atoms with van der Waals surface area (Å²) < 4.78 is 1.70. The fraction of sp³-hybridized carbons (Fsp3) is 0.280. The molecule has 34 heavy (non-hydrogen) atoms. The Balaban J connectivity index is 2.01. The van der Waals surface area contributed by atoms with E-state index in [1.807, 2.05) is 26.8 Å². The fourth-order valence-corrected chi connectivity index (χ4v) is 4.70. The van der Waals surface area contributed by atoms with Crippen molar-refractivity contribution in [3.8, 4) is 17.3 Å². The van der Waals surface area contributed by atoms with Crippen LogP contribution in [0.15, 0.2) is 42.5 Å². The lowest BCUT2D eigenvalue weighted by Crippen LogP contribution is -2.46. The summed E-state index contributed by atoms with van der Waals surface area (Å²) in [6.45, 7) is 6.67. The molecule has 2 heterocycles. The van der Waals surface area contributed by atoms with Gasteiger partial charge >= 0.3 is 6.03 Å². The number of nitrogens with zero attached hydrogens (tertiary/aromatic N) is 4. The molecule has 0 aliphatic carbocycles. The molecule has 3 aromatic rings. The number of fused-ring (bicyclic) bond motifs is 1. The Hall–Kier alpha value is -3.83. The second kappa shape index (κ2) is 8.50.